The van der Waals surface area contributed by atoms with Gasteiger partial charge in [0.05, 0.1) is 11.5 Å². The van der Waals surface area contributed by atoms with Crippen molar-refractivity contribution in [3.05, 3.63) is 0 Å². The Morgan fingerprint density at radius 2 is 1.79 bits per heavy atom. The average molecular weight is 362 g/mol. The number of sulfone groups is 1. The van der Waals surface area contributed by atoms with Crippen molar-refractivity contribution in [1.82, 2.24) is 14.7 Å². The first kappa shape index (κ1) is 20.9. The number of amides is 2. The maximum absolute atomic E-state index is 12.5. The van der Waals surface area contributed by atoms with Crippen molar-refractivity contribution in [2.45, 2.75) is 39.2 Å². The van der Waals surface area contributed by atoms with Crippen molar-refractivity contribution in [3.8, 4) is 0 Å². The third-order valence-corrected chi connectivity index (χ3v) is 6.13. The zero-order valence-corrected chi connectivity index (χ0v) is 16.1. The van der Waals surface area contributed by atoms with E-state index in [4.69, 9.17) is 0 Å². The Kier molecular flexibility index (Phi) is 8.15. The van der Waals surface area contributed by atoms with E-state index in [1.54, 1.807) is 9.80 Å². The number of carbonyl (C=O) groups is 2. The van der Waals surface area contributed by atoms with Crippen molar-refractivity contribution in [2.24, 2.45) is 0 Å². The fourth-order valence-corrected chi connectivity index (χ4v) is 4.77. The minimum atomic E-state index is -3.01. The van der Waals surface area contributed by atoms with Crippen molar-refractivity contribution < 1.29 is 18.0 Å². The normalized spacial score (nSPS) is 19.5. The van der Waals surface area contributed by atoms with Crippen LogP contribution in [0.3, 0.4) is 0 Å². The standard InChI is InChI=1S/C16H31N3O4S/c1-5-19(15-8-12-24(22,23)13-15)16(21)7-11-18(14(2)20)10-6-9-17(3)4/h15H,5-13H2,1-4H3. The second-order valence-corrected chi connectivity index (χ2v) is 8.88. The van der Waals surface area contributed by atoms with E-state index < -0.39 is 9.84 Å². The Morgan fingerprint density at radius 1 is 1.12 bits per heavy atom. The second-order valence-electron chi connectivity index (χ2n) is 6.65. The zero-order chi connectivity index (χ0) is 18.3. The number of carbonyl (C=O) groups excluding carboxylic acids is 2. The van der Waals surface area contributed by atoms with Crippen LogP contribution in [0.1, 0.15) is 33.1 Å². The molecule has 8 heteroatoms. The molecule has 0 saturated carbocycles. The Morgan fingerprint density at radius 3 is 2.25 bits per heavy atom. The molecule has 0 aromatic rings. The minimum Gasteiger partial charge on any atom is -0.342 e. The van der Waals surface area contributed by atoms with Crippen LogP contribution in [0.4, 0.5) is 0 Å². The van der Waals surface area contributed by atoms with Gasteiger partial charge in [0, 0.05) is 39.0 Å². The summed E-state index contributed by atoms with van der Waals surface area (Å²) in [6.07, 6.45) is 1.62. The van der Waals surface area contributed by atoms with Gasteiger partial charge in [0.15, 0.2) is 9.84 Å². The Hall–Kier alpha value is -1.15. The molecule has 1 saturated heterocycles. The van der Waals surface area contributed by atoms with Crippen LogP contribution in [0.25, 0.3) is 0 Å². The smallest absolute Gasteiger partial charge is 0.224 e. The lowest BCUT2D eigenvalue weighted by molar-refractivity contribution is -0.134. The van der Waals surface area contributed by atoms with Crippen molar-refractivity contribution in [1.29, 1.82) is 0 Å². The molecule has 1 aliphatic rings. The Labute approximate surface area is 145 Å². The molecule has 0 radical (unpaired) electrons. The second kappa shape index (κ2) is 9.36. The van der Waals surface area contributed by atoms with Crippen molar-refractivity contribution in [2.75, 3.05) is 51.8 Å². The molecular formula is C16H31N3O4S. The molecule has 1 unspecified atom stereocenters. The lowest BCUT2D eigenvalue weighted by atomic mass is 10.2. The van der Waals surface area contributed by atoms with Gasteiger partial charge < -0.3 is 14.7 Å². The molecule has 0 N–H and O–H groups in total. The summed E-state index contributed by atoms with van der Waals surface area (Å²) in [5, 5.41) is 0. The maximum Gasteiger partial charge on any atom is 0.224 e. The van der Waals surface area contributed by atoms with Gasteiger partial charge in [-0.1, -0.05) is 0 Å². The van der Waals surface area contributed by atoms with Gasteiger partial charge in [-0.3, -0.25) is 9.59 Å². The summed E-state index contributed by atoms with van der Waals surface area (Å²) in [7, 11) is 0.953. The summed E-state index contributed by atoms with van der Waals surface area (Å²) in [5.74, 6) is 0.115. The summed E-state index contributed by atoms with van der Waals surface area (Å²) in [5.41, 5.74) is 0. The summed E-state index contributed by atoms with van der Waals surface area (Å²) >= 11 is 0. The number of hydrogen-bond donors (Lipinski definition) is 0. The molecule has 0 aliphatic carbocycles. The lowest BCUT2D eigenvalue weighted by Crippen LogP contribution is -2.43. The molecule has 0 aromatic heterocycles. The van der Waals surface area contributed by atoms with E-state index in [2.05, 4.69) is 4.90 Å². The summed E-state index contributed by atoms with van der Waals surface area (Å²) < 4.78 is 23.2. The molecule has 140 valence electrons. The van der Waals surface area contributed by atoms with Crippen LogP contribution >= 0.6 is 0 Å². The van der Waals surface area contributed by atoms with E-state index in [0.29, 0.717) is 26.1 Å². The number of nitrogens with zero attached hydrogens (tertiary/aromatic N) is 3. The van der Waals surface area contributed by atoms with Crippen LogP contribution in [-0.4, -0.2) is 92.8 Å². The van der Waals surface area contributed by atoms with Crippen LogP contribution in [0.2, 0.25) is 0 Å². The first-order chi connectivity index (χ1) is 11.2. The molecule has 1 aliphatic heterocycles. The molecule has 2 amide bonds. The largest absolute Gasteiger partial charge is 0.342 e. The first-order valence-corrected chi connectivity index (χ1v) is 10.4. The van der Waals surface area contributed by atoms with E-state index in [1.165, 1.54) is 6.92 Å². The van der Waals surface area contributed by atoms with Crippen LogP contribution in [0, 0.1) is 0 Å². The van der Waals surface area contributed by atoms with Gasteiger partial charge in [0.25, 0.3) is 0 Å². The van der Waals surface area contributed by atoms with Gasteiger partial charge in [-0.05, 0) is 40.4 Å². The zero-order valence-electron chi connectivity index (χ0n) is 15.3. The highest BCUT2D eigenvalue weighted by atomic mass is 32.2. The molecule has 1 heterocycles. The maximum atomic E-state index is 12.5. The van der Waals surface area contributed by atoms with Crippen molar-refractivity contribution in [3.63, 3.8) is 0 Å². The van der Waals surface area contributed by atoms with Gasteiger partial charge in [-0.2, -0.15) is 0 Å². The minimum absolute atomic E-state index is 0.0342. The number of rotatable bonds is 9. The molecule has 1 rings (SSSR count). The molecule has 0 aromatic carbocycles. The van der Waals surface area contributed by atoms with E-state index in [-0.39, 0.29) is 35.8 Å². The molecule has 0 spiro atoms. The van der Waals surface area contributed by atoms with Crippen LogP contribution < -0.4 is 0 Å². The topological polar surface area (TPSA) is 78.0 Å². The fraction of sp³-hybridized carbons (Fsp3) is 0.875. The number of hydrogen-bond acceptors (Lipinski definition) is 5. The van der Waals surface area contributed by atoms with Crippen LogP contribution in [0.15, 0.2) is 0 Å². The molecule has 1 fully saturated rings. The highest BCUT2D eigenvalue weighted by Gasteiger charge is 2.33. The monoisotopic (exact) mass is 361 g/mol. The van der Waals surface area contributed by atoms with E-state index in [1.807, 2.05) is 21.0 Å². The van der Waals surface area contributed by atoms with Gasteiger partial charge in [-0.25, -0.2) is 8.42 Å². The predicted octanol–water partition coefficient (Wildman–Crippen LogP) is 0.212. The van der Waals surface area contributed by atoms with Crippen LogP contribution in [-0.2, 0) is 19.4 Å². The Balaban J connectivity index is 2.52. The van der Waals surface area contributed by atoms with Gasteiger partial charge in [0.2, 0.25) is 11.8 Å². The van der Waals surface area contributed by atoms with Gasteiger partial charge in [-0.15, -0.1) is 0 Å². The highest BCUT2D eigenvalue weighted by Crippen LogP contribution is 2.18. The van der Waals surface area contributed by atoms with Crippen LogP contribution in [0.5, 0.6) is 0 Å². The first-order valence-electron chi connectivity index (χ1n) is 8.56. The average Bonchev–Trinajstić information content (AvgIpc) is 2.82. The molecule has 1 atom stereocenters. The third-order valence-electron chi connectivity index (χ3n) is 4.38. The quantitative estimate of drug-likeness (QED) is 0.587. The lowest BCUT2D eigenvalue weighted by Gasteiger charge is -2.28. The molecule has 24 heavy (non-hydrogen) atoms. The Bertz CT molecular complexity index is 533. The van der Waals surface area contributed by atoms with E-state index >= 15 is 0 Å². The van der Waals surface area contributed by atoms with Crippen molar-refractivity contribution >= 4 is 21.7 Å². The van der Waals surface area contributed by atoms with E-state index in [0.717, 1.165) is 13.0 Å². The highest BCUT2D eigenvalue weighted by molar-refractivity contribution is 7.91. The molecule has 7 nitrogen and oxygen atoms in total. The van der Waals surface area contributed by atoms with E-state index in [9.17, 15) is 18.0 Å². The molecule has 0 bridgehead atoms. The summed E-state index contributed by atoms with van der Waals surface area (Å²) in [4.78, 5) is 29.6. The predicted molar refractivity (Wildman–Crippen MR) is 94.5 cm³/mol. The van der Waals surface area contributed by atoms with Gasteiger partial charge >= 0.3 is 0 Å². The SMILES string of the molecule is CCN(C(=O)CCN(CCCN(C)C)C(C)=O)C1CCS(=O)(=O)C1. The molecular weight excluding hydrogens is 330 g/mol. The summed E-state index contributed by atoms with van der Waals surface area (Å²) in [6.45, 7) is 5.78. The third kappa shape index (κ3) is 6.76. The fourth-order valence-electron chi connectivity index (χ4n) is 3.04. The summed E-state index contributed by atoms with van der Waals surface area (Å²) in [6, 6.07) is -0.216. The van der Waals surface area contributed by atoms with Gasteiger partial charge in [0.1, 0.15) is 0 Å².